The minimum absolute atomic E-state index is 0.0936. The molecule has 1 atom stereocenters. The molecule has 20 heavy (non-hydrogen) atoms. The van der Waals surface area contributed by atoms with Crippen molar-refractivity contribution in [1.82, 2.24) is 9.97 Å². The molecule has 0 fully saturated rings. The molecule has 0 radical (unpaired) electrons. The van der Waals surface area contributed by atoms with Crippen LogP contribution in [-0.4, -0.2) is 15.1 Å². The van der Waals surface area contributed by atoms with Crippen molar-refractivity contribution in [3.8, 4) is 5.88 Å². The van der Waals surface area contributed by atoms with Gasteiger partial charge in [-0.1, -0.05) is 29.3 Å². The standard InChI is InChI=1S/C15H14Cl2N2O/c1-8-18-14-11(3-2-4-12(14)15(20)19-8)10-6-5-9(16)7-13(10)17/h5-7,11H,2-4H2,1H3,(H,18,19,20). The van der Waals surface area contributed by atoms with Crippen LogP contribution >= 0.6 is 23.2 Å². The molecular weight excluding hydrogens is 295 g/mol. The first kappa shape index (κ1) is 13.7. The fourth-order valence-corrected chi connectivity index (χ4v) is 3.38. The van der Waals surface area contributed by atoms with E-state index in [0.717, 1.165) is 36.1 Å². The summed E-state index contributed by atoms with van der Waals surface area (Å²) in [5.41, 5.74) is 2.75. The maximum Gasteiger partial charge on any atom is 0.217 e. The predicted octanol–water partition coefficient (Wildman–Crippen LogP) is 4.27. The van der Waals surface area contributed by atoms with Gasteiger partial charge in [0.05, 0.1) is 5.69 Å². The number of aromatic hydroxyl groups is 1. The Balaban J connectivity index is 2.14. The van der Waals surface area contributed by atoms with E-state index in [-0.39, 0.29) is 11.8 Å². The van der Waals surface area contributed by atoms with Crippen LogP contribution < -0.4 is 0 Å². The van der Waals surface area contributed by atoms with Crippen LogP contribution in [0.4, 0.5) is 0 Å². The lowest BCUT2D eigenvalue weighted by Gasteiger charge is -2.26. The first-order chi connectivity index (χ1) is 9.56. The summed E-state index contributed by atoms with van der Waals surface area (Å²) in [6.45, 7) is 1.79. The molecule has 0 saturated carbocycles. The van der Waals surface area contributed by atoms with Gasteiger partial charge in [-0.05, 0) is 43.9 Å². The largest absolute Gasteiger partial charge is 0.493 e. The van der Waals surface area contributed by atoms with E-state index in [1.165, 1.54) is 0 Å². The van der Waals surface area contributed by atoms with Crippen LogP contribution in [-0.2, 0) is 6.42 Å². The number of fused-ring (bicyclic) bond motifs is 1. The van der Waals surface area contributed by atoms with Gasteiger partial charge in [0.2, 0.25) is 5.88 Å². The van der Waals surface area contributed by atoms with Gasteiger partial charge in [0.1, 0.15) is 5.82 Å². The molecule has 1 N–H and O–H groups in total. The highest BCUT2D eigenvalue weighted by Gasteiger charge is 2.28. The third-order valence-electron chi connectivity index (χ3n) is 3.72. The summed E-state index contributed by atoms with van der Waals surface area (Å²) in [6.07, 6.45) is 2.75. The lowest BCUT2D eigenvalue weighted by Crippen LogP contribution is -2.15. The summed E-state index contributed by atoms with van der Waals surface area (Å²) in [5.74, 6) is 0.775. The molecule has 1 heterocycles. The number of benzene rings is 1. The molecule has 1 aliphatic rings. The maximum absolute atomic E-state index is 10.0. The molecule has 104 valence electrons. The van der Waals surface area contributed by atoms with E-state index < -0.39 is 0 Å². The van der Waals surface area contributed by atoms with Gasteiger partial charge in [0.15, 0.2) is 0 Å². The van der Waals surface area contributed by atoms with Gasteiger partial charge in [-0.3, -0.25) is 0 Å². The Morgan fingerprint density at radius 2 is 2.05 bits per heavy atom. The van der Waals surface area contributed by atoms with Crippen molar-refractivity contribution >= 4 is 23.2 Å². The van der Waals surface area contributed by atoms with Gasteiger partial charge in [0, 0.05) is 21.5 Å². The Labute approximate surface area is 127 Å². The van der Waals surface area contributed by atoms with Crippen LogP contribution in [0.2, 0.25) is 10.0 Å². The Morgan fingerprint density at radius 3 is 2.80 bits per heavy atom. The van der Waals surface area contributed by atoms with Crippen LogP contribution in [0.1, 0.15) is 41.4 Å². The van der Waals surface area contributed by atoms with Crippen LogP contribution in [0.15, 0.2) is 18.2 Å². The minimum atomic E-state index is 0.0936. The molecule has 1 aromatic heterocycles. The van der Waals surface area contributed by atoms with Crippen molar-refractivity contribution in [3.63, 3.8) is 0 Å². The van der Waals surface area contributed by atoms with Crippen LogP contribution in [0.25, 0.3) is 0 Å². The van der Waals surface area contributed by atoms with Crippen LogP contribution in [0.3, 0.4) is 0 Å². The third-order valence-corrected chi connectivity index (χ3v) is 4.28. The normalized spacial score (nSPS) is 17.9. The van der Waals surface area contributed by atoms with Crippen molar-refractivity contribution in [2.45, 2.75) is 32.1 Å². The molecule has 0 spiro atoms. The quantitative estimate of drug-likeness (QED) is 0.856. The van der Waals surface area contributed by atoms with E-state index in [1.54, 1.807) is 13.0 Å². The summed E-state index contributed by atoms with van der Waals surface area (Å²) < 4.78 is 0. The zero-order valence-corrected chi connectivity index (χ0v) is 12.5. The number of hydrogen-bond acceptors (Lipinski definition) is 3. The van der Waals surface area contributed by atoms with Gasteiger partial charge in [-0.25, -0.2) is 4.98 Å². The highest BCUT2D eigenvalue weighted by molar-refractivity contribution is 6.35. The van der Waals surface area contributed by atoms with Crippen LogP contribution in [0.5, 0.6) is 5.88 Å². The van der Waals surface area contributed by atoms with Crippen molar-refractivity contribution in [3.05, 3.63) is 50.9 Å². The van der Waals surface area contributed by atoms with Gasteiger partial charge < -0.3 is 5.11 Å². The summed E-state index contributed by atoms with van der Waals surface area (Å²) in [6, 6.07) is 5.53. The highest BCUT2D eigenvalue weighted by Crippen LogP contribution is 2.41. The Bertz CT molecular complexity index is 673. The smallest absolute Gasteiger partial charge is 0.217 e. The number of halogens is 2. The van der Waals surface area contributed by atoms with E-state index >= 15 is 0 Å². The maximum atomic E-state index is 10.0. The summed E-state index contributed by atoms with van der Waals surface area (Å²) >= 11 is 12.3. The lowest BCUT2D eigenvalue weighted by atomic mass is 9.82. The van der Waals surface area contributed by atoms with Crippen molar-refractivity contribution < 1.29 is 5.11 Å². The molecule has 0 amide bonds. The minimum Gasteiger partial charge on any atom is -0.493 e. The zero-order valence-electron chi connectivity index (χ0n) is 11.0. The summed E-state index contributed by atoms with van der Waals surface area (Å²) in [4.78, 5) is 8.58. The SMILES string of the molecule is Cc1nc(O)c2c(n1)C(c1ccc(Cl)cc1Cl)CCC2. The third kappa shape index (κ3) is 2.36. The van der Waals surface area contributed by atoms with E-state index in [1.807, 2.05) is 12.1 Å². The molecular formula is C15H14Cl2N2O. The molecule has 3 nitrogen and oxygen atoms in total. The molecule has 0 bridgehead atoms. The Hall–Kier alpha value is -1.32. The van der Waals surface area contributed by atoms with Crippen molar-refractivity contribution in [2.24, 2.45) is 0 Å². The van der Waals surface area contributed by atoms with E-state index in [9.17, 15) is 5.11 Å². The topological polar surface area (TPSA) is 46.0 Å². The number of hydrogen-bond donors (Lipinski definition) is 1. The van der Waals surface area contributed by atoms with Gasteiger partial charge in [-0.2, -0.15) is 4.98 Å². The average Bonchev–Trinajstić information content (AvgIpc) is 2.38. The van der Waals surface area contributed by atoms with Crippen LogP contribution in [0, 0.1) is 6.92 Å². The lowest BCUT2D eigenvalue weighted by molar-refractivity contribution is 0.430. The predicted molar refractivity (Wildman–Crippen MR) is 79.7 cm³/mol. The first-order valence-corrected chi connectivity index (χ1v) is 7.33. The second-order valence-electron chi connectivity index (χ2n) is 5.07. The van der Waals surface area contributed by atoms with Crippen molar-refractivity contribution in [2.75, 3.05) is 0 Å². The molecule has 1 aromatic carbocycles. The van der Waals surface area contributed by atoms with E-state index in [0.29, 0.717) is 15.9 Å². The molecule has 3 rings (SSSR count). The monoisotopic (exact) mass is 308 g/mol. The zero-order chi connectivity index (χ0) is 14.3. The number of rotatable bonds is 1. The molecule has 5 heteroatoms. The van der Waals surface area contributed by atoms with Gasteiger partial charge in [-0.15, -0.1) is 0 Å². The van der Waals surface area contributed by atoms with Gasteiger partial charge in [0.25, 0.3) is 0 Å². The van der Waals surface area contributed by atoms with Gasteiger partial charge >= 0.3 is 0 Å². The highest BCUT2D eigenvalue weighted by atomic mass is 35.5. The Kier molecular flexibility index (Phi) is 3.57. The molecule has 1 unspecified atom stereocenters. The first-order valence-electron chi connectivity index (χ1n) is 6.57. The number of aryl methyl sites for hydroxylation is 1. The summed E-state index contributed by atoms with van der Waals surface area (Å²) in [5, 5.41) is 11.3. The second kappa shape index (κ2) is 5.23. The number of aromatic nitrogens is 2. The molecule has 2 aromatic rings. The van der Waals surface area contributed by atoms with E-state index in [4.69, 9.17) is 23.2 Å². The summed E-state index contributed by atoms with van der Waals surface area (Å²) in [7, 11) is 0. The van der Waals surface area contributed by atoms with Crippen molar-refractivity contribution in [1.29, 1.82) is 0 Å². The fraction of sp³-hybridized carbons (Fsp3) is 0.333. The fourth-order valence-electron chi connectivity index (χ4n) is 2.84. The second-order valence-corrected chi connectivity index (χ2v) is 5.91. The van der Waals surface area contributed by atoms with E-state index in [2.05, 4.69) is 9.97 Å². The number of nitrogens with zero attached hydrogens (tertiary/aromatic N) is 2. The average molecular weight is 309 g/mol. The Morgan fingerprint density at radius 1 is 1.25 bits per heavy atom. The molecule has 1 aliphatic carbocycles. The molecule has 0 saturated heterocycles. The molecule has 0 aliphatic heterocycles.